The third-order valence-corrected chi connectivity index (χ3v) is 5.24. The maximum atomic E-state index is 12.6. The number of Topliss-reactive ketones (excluding diaryl/α,β-unsaturated/α-hetero) is 1. The molecule has 1 heterocycles. The molecule has 162 valence electrons. The number of hydrogen-bond acceptors (Lipinski definition) is 6. The van der Waals surface area contributed by atoms with E-state index < -0.39 is 5.63 Å². The van der Waals surface area contributed by atoms with Gasteiger partial charge in [0.2, 0.25) is 0 Å². The van der Waals surface area contributed by atoms with Crippen molar-refractivity contribution in [3.05, 3.63) is 87.7 Å². The van der Waals surface area contributed by atoms with Crippen molar-refractivity contribution >= 4 is 28.4 Å². The van der Waals surface area contributed by atoms with Crippen molar-refractivity contribution < 1.29 is 23.4 Å². The van der Waals surface area contributed by atoms with Gasteiger partial charge in [-0.05, 0) is 35.4 Å². The molecule has 0 atom stereocenters. The maximum absolute atomic E-state index is 12.6. The van der Waals surface area contributed by atoms with Crippen molar-refractivity contribution in [1.29, 1.82) is 0 Å². The highest BCUT2D eigenvalue weighted by Gasteiger charge is 2.15. The van der Waals surface area contributed by atoms with Crippen LogP contribution >= 0.6 is 11.6 Å². The standard InChI is InChI=1S/C25H19ClO6/c1-29-21-9-8-16(10-24(21)30-2)20(27)14-31-23-13-22-18(11-19(23)26)17(12-25(28)32-22)15-6-4-3-5-7-15/h3-13H,14H2,1-2H3. The highest BCUT2D eigenvalue weighted by molar-refractivity contribution is 6.33. The van der Waals surface area contributed by atoms with Gasteiger partial charge in [-0.25, -0.2) is 4.79 Å². The van der Waals surface area contributed by atoms with Gasteiger partial charge in [0.15, 0.2) is 23.9 Å². The Kier molecular flexibility index (Phi) is 6.14. The number of rotatable bonds is 7. The molecule has 0 aliphatic heterocycles. The Hall–Kier alpha value is -3.77. The van der Waals surface area contributed by atoms with E-state index in [1.54, 1.807) is 24.3 Å². The minimum absolute atomic E-state index is 0.237. The lowest BCUT2D eigenvalue weighted by Crippen LogP contribution is -2.12. The molecular weight excluding hydrogens is 432 g/mol. The number of fused-ring (bicyclic) bond motifs is 1. The quantitative estimate of drug-likeness (QED) is 0.277. The third-order valence-electron chi connectivity index (χ3n) is 4.95. The monoisotopic (exact) mass is 450 g/mol. The van der Waals surface area contributed by atoms with Crippen LogP contribution in [0, 0.1) is 0 Å². The molecule has 0 aliphatic rings. The second-order valence-corrected chi connectivity index (χ2v) is 7.31. The van der Waals surface area contributed by atoms with Crippen LogP contribution in [0.3, 0.4) is 0 Å². The first-order valence-corrected chi connectivity index (χ1v) is 10.1. The van der Waals surface area contributed by atoms with Gasteiger partial charge < -0.3 is 18.6 Å². The lowest BCUT2D eigenvalue weighted by atomic mass is 10.0. The van der Waals surface area contributed by atoms with Gasteiger partial charge in [-0.1, -0.05) is 41.9 Å². The maximum Gasteiger partial charge on any atom is 0.336 e. The van der Waals surface area contributed by atoms with Gasteiger partial charge in [-0.3, -0.25) is 4.79 Å². The predicted molar refractivity (Wildman–Crippen MR) is 122 cm³/mol. The number of ether oxygens (including phenoxy) is 3. The Balaban J connectivity index is 1.62. The van der Waals surface area contributed by atoms with Crippen LogP contribution in [-0.4, -0.2) is 26.6 Å². The Bertz CT molecular complexity index is 1340. The highest BCUT2D eigenvalue weighted by Crippen LogP contribution is 2.35. The van der Waals surface area contributed by atoms with Crippen molar-refractivity contribution in [2.75, 3.05) is 20.8 Å². The lowest BCUT2D eigenvalue weighted by Gasteiger charge is -2.12. The number of methoxy groups -OCH3 is 2. The van der Waals surface area contributed by atoms with E-state index in [1.165, 1.54) is 26.4 Å². The zero-order valence-corrected chi connectivity index (χ0v) is 18.1. The van der Waals surface area contributed by atoms with Crippen LogP contribution < -0.4 is 19.8 Å². The van der Waals surface area contributed by atoms with Crippen molar-refractivity contribution in [2.24, 2.45) is 0 Å². The second kappa shape index (κ2) is 9.16. The molecule has 4 rings (SSSR count). The summed E-state index contributed by atoms with van der Waals surface area (Å²) in [4.78, 5) is 24.7. The zero-order valence-electron chi connectivity index (χ0n) is 17.4. The average molecular weight is 451 g/mol. The van der Waals surface area contributed by atoms with E-state index in [2.05, 4.69) is 0 Å². The summed E-state index contributed by atoms with van der Waals surface area (Å²) in [6.07, 6.45) is 0. The fraction of sp³-hybridized carbons (Fsp3) is 0.120. The summed E-state index contributed by atoms with van der Waals surface area (Å²) in [6.45, 7) is -0.261. The molecule has 0 radical (unpaired) electrons. The van der Waals surface area contributed by atoms with Gasteiger partial charge in [0.05, 0.1) is 19.2 Å². The Morgan fingerprint density at radius 2 is 1.66 bits per heavy atom. The molecule has 4 aromatic rings. The highest BCUT2D eigenvalue weighted by atomic mass is 35.5. The van der Waals surface area contributed by atoms with Crippen LogP contribution in [0.25, 0.3) is 22.1 Å². The van der Waals surface area contributed by atoms with Crippen LogP contribution in [0.2, 0.25) is 5.02 Å². The van der Waals surface area contributed by atoms with Crippen LogP contribution in [0.4, 0.5) is 0 Å². The summed E-state index contributed by atoms with van der Waals surface area (Å²) in [7, 11) is 3.01. The molecule has 0 fully saturated rings. The first-order valence-electron chi connectivity index (χ1n) is 9.71. The predicted octanol–water partition coefficient (Wildman–Crippen LogP) is 5.39. The van der Waals surface area contributed by atoms with Gasteiger partial charge in [0.1, 0.15) is 11.3 Å². The molecule has 0 N–H and O–H groups in total. The first-order chi connectivity index (χ1) is 15.5. The van der Waals surface area contributed by atoms with Gasteiger partial charge in [-0.15, -0.1) is 0 Å². The molecule has 32 heavy (non-hydrogen) atoms. The SMILES string of the molecule is COc1ccc(C(=O)COc2cc3oc(=O)cc(-c4ccccc4)c3cc2Cl)cc1OC. The summed E-state index contributed by atoms with van der Waals surface area (Å²) in [6, 6.07) is 18.9. The largest absolute Gasteiger partial charge is 0.493 e. The van der Waals surface area contributed by atoms with Crippen molar-refractivity contribution in [3.8, 4) is 28.4 Å². The zero-order chi connectivity index (χ0) is 22.7. The van der Waals surface area contributed by atoms with Gasteiger partial charge >= 0.3 is 5.63 Å². The smallest absolute Gasteiger partial charge is 0.336 e. The van der Waals surface area contributed by atoms with Crippen LogP contribution in [0.15, 0.2) is 75.9 Å². The first kappa shape index (κ1) is 21.5. The molecule has 0 saturated carbocycles. The van der Waals surface area contributed by atoms with E-state index >= 15 is 0 Å². The minimum atomic E-state index is -0.494. The summed E-state index contributed by atoms with van der Waals surface area (Å²) < 4.78 is 21.4. The van der Waals surface area contributed by atoms with E-state index in [9.17, 15) is 9.59 Å². The average Bonchev–Trinajstić information content (AvgIpc) is 2.82. The van der Waals surface area contributed by atoms with Gasteiger partial charge in [0, 0.05) is 23.1 Å². The van der Waals surface area contributed by atoms with E-state index in [0.29, 0.717) is 38.6 Å². The molecule has 0 spiro atoms. The normalized spacial score (nSPS) is 10.7. The molecule has 0 amide bonds. The molecule has 3 aromatic carbocycles. The number of ketones is 1. The number of carbonyl (C=O) groups is 1. The van der Waals surface area contributed by atoms with E-state index in [4.69, 9.17) is 30.2 Å². The summed E-state index contributed by atoms with van der Waals surface area (Å²) in [5, 5.41) is 0.961. The number of benzene rings is 3. The van der Waals surface area contributed by atoms with Gasteiger partial charge in [-0.2, -0.15) is 0 Å². The van der Waals surface area contributed by atoms with Crippen molar-refractivity contribution in [3.63, 3.8) is 0 Å². The van der Waals surface area contributed by atoms with E-state index in [-0.39, 0.29) is 18.1 Å². The number of halogens is 1. The van der Waals surface area contributed by atoms with Crippen LogP contribution in [0.5, 0.6) is 17.2 Å². The van der Waals surface area contributed by atoms with Crippen molar-refractivity contribution in [1.82, 2.24) is 0 Å². The fourth-order valence-electron chi connectivity index (χ4n) is 3.37. The number of hydrogen-bond donors (Lipinski definition) is 0. The molecule has 0 saturated heterocycles. The molecule has 0 bridgehead atoms. The topological polar surface area (TPSA) is 75.0 Å². The minimum Gasteiger partial charge on any atom is -0.493 e. The molecule has 7 heteroatoms. The number of carbonyl (C=O) groups excluding carboxylic acids is 1. The fourth-order valence-corrected chi connectivity index (χ4v) is 3.58. The summed E-state index contributed by atoms with van der Waals surface area (Å²) in [5.41, 5.74) is 1.78. The molecule has 6 nitrogen and oxygen atoms in total. The Labute approximate surface area is 188 Å². The molecular formula is C25H19ClO6. The lowest BCUT2D eigenvalue weighted by molar-refractivity contribution is 0.0921. The Morgan fingerprint density at radius 1 is 0.906 bits per heavy atom. The Morgan fingerprint density at radius 3 is 2.38 bits per heavy atom. The molecule has 1 aromatic heterocycles. The van der Waals surface area contributed by atoms with Gasteiger partial charge in [0.25, 0.3) is 0 Å². The summed E-state index contributed by atoms with van der Waals surface area (Å²) >= 11 is 6.43. The summed E-state index contributed by atoms with van der Waals surface area (Å²) in [5.74, 6) is 0.923. The van der Waals surface area contributed by atoms with Crippen molar-refractivity contribution in [2.45, 2.75) is 0 Å². The molecule has 0 unspecified atom stereocenters. The van der Waals surface area contributed by atoms with Crippen LogP contribution in [0.1, 0.15) is 10.4 Å². The van der Waals surface area contributed by atoms with E-state index in [1.807, 2.05) is 30.3 Å². The van der Waals surface area contributed by atoms with E-state index in [0.717, 1.165) is 5.56 Å². The second-order valence-electron chi connectivity index (χ2n) is 6.91. The van der Waals surface area contributed by atoms with Crippen LogP contribution in [-0.2, 0) is 0 Å². The third kappa shape index (κ3) is 4.31. The molecule has 0 aliphatic carbocycles.